The third-order valence-electron chi connectivity index (χ3n) is 3.58. The minimum absolute atomic E-state index is 0.267. The second-order valence-corrected chi connectivity index (χ2v) is 5.71. The summed E-state index contributed by atoms with van der Waals surface area (Å²) in [5, 5.41) is 8.50. The Labute approximate surface area is 129 Å². The first kappa shape index (κ1) is 19.9. The molecule has 3 heteroatoms. The smallest absolute Gasteiger partial charge is 0.303 e. The number of allylic oxidation sites excluding steroid dienone is 2. The van der Waals surface area contributed by atoms with Crippen LogP contribution in [0, 0.1) is 0 Å². The lowest BCUT2D eigenvalue weighted by molar-refractivity contribution is -0.137. The first-order valence-electron chi connectivity index (χ1n) is 8.55. The van der Waals surface area contributed by atoms with Crippen molar-refractivity contribution in [1.82, 2.24) is 0 Å². The van der Waals surface area contributed by atoms with Crippen molar-refractivity contribution in [2.24, 2.45) is 0 Å². The average Bonchev–Trinajstić information content (AvgIpc) is 2.45. The van der Waals surface area contributed by atoms with Gasteiger partial charge in [0.2, 0.25) is 0 Å². The maximum Gasteiger partial charge on any atom is 0.303 e. The Morgan fingerprint density at radius 2 is 1.38 bits per heavy atom. The van der Waals surface area contributed by atoms with Gasteiger partial charge in [0.1, 0.15) is 5.78 Å². The minimum Gasteiger partial charge on any atom is -0.481 e. The molecule has 0 rings (SSSR count). The van der Waals surface area contributed by atoms with E-state index in [0.29, 0.717) is 18.6 Å². The van der Waals surface area contributed by atoms with Crippen LogP contribution in [-0.2, 0) is 9.59 Å². The summed E-state index contributed by atoms with van der Waals surface area (Å²) in [6, 6.07) is 0. The molecule has 1 N–H and O–H groups in total. The topological polar surface area (TPSA) is 54.4 Å². The summed E-state index contributed by atoms with van der Waals surface area (Å²) >= 11 is 0. The van der Waals surface area contributed by atoms with E-state index in [1.54, 1.807) is 0 Å². The van der Waals surface area contributed by atoms with E-state index < -0.39 is 5.97 Å². The van der Waals surface area contributed by atoms with Gasteiger partial charge in [0.15, 0.2) is 0 Å². The van der Waals surface area contributed by atoms with Crippen molar-refractivity contribution in [3.05, 3.63) is 12.2 Å². The van der Waals surface area contributed by atoms with Gasteiger partial charge in [0.25, 0.3) is 0 Å². The Balaban J connectivity index is 3.29. The van der Waals surface area contributed by atoms with Crippen LogP contribution >= 0.6 is 0 Å². The third kappa shape index (κ3) is 16.8. The van der Waals surface area contributed by atoms with Gasteiger partial charge in [-0.2, -0.15) is 0 Å². The number of aliphatic carboxylic acids is 1. The lowest BCUT2D eigenvalue weighted by atomic mass is 10.1. The number of unbranched alkanes of at least 4 members (excludes halogenated alkanes) is 7. The van der Waals surface area contributed by atoms with E-state index in [9.17, 15) is 9.59 Å². The van der Waals surface area contributed by atoms with Crippen LogP contribution in [0.3, 0.4) is 0 Å². The van der Waals surface area contributed by atoms with Crippen molar-refractivity contribution < 1.29 is 14.7 Å². The van der Waals surface area contributed by atoms with Gasteiger partial charge in [-0.15, -0.1) is 0 Å². The van der Waals surface area contributed by atoms with Gasteiger partial charge < -0.3 is 5.11 Å². The number of carbonyl (C=O) groups excluding carboxylic acids is 1. The first-order chi connectivity index (χ1) is 10.2. The van der Waals surface area contributed by atoms with Gasteiger partial charge in [-0.3, -0.25) is 9.59 Å². The molecule has 0 aliphatic heterocycles. The quantitative estimate of drug-likeness (QED) is 0.330. The first-order valence-corrected chi connectivity index (χ1v) is 8.55. The molecule has 0 bridgehead atoms. The van der Waals surface area contributed by atoms with Gasteiger partial charge in [-0.05, 0) is 32.1 Å². The number of carboxylic acids is 1. The average molecular weight is 296 g/mol. The predicted molar refractivity (Wildman–Crippen MR) is 87.5 cm³/mol. The number of hydrogen-bond acceptors (Lipinski definition) is 2. The van der Waals surface area contributed by atoms with Crippen LogP contribution in [-0.4, -0.2) is 16.9 Å². The molecule has 122 valence electrons. The molecular formula is C18H32O3. The van der Waals surface area contributed by atoms with Crippen LogP contribution in [0.25, 0.3) is 0 Å². The molecule has 0 aromatic carbocycles. The summed E-state index contributed by atoms with van der Waals surface area (Å²) in [7, 11) is 0. The minimum atomic E-state index is -0.715. The fraction of sp³-hybridized carbons (Fsp3) is 0.778. The second-order valence-electron chi connectivity index (χ2n) is 5.71. The van der Waals surface area contributed by atoms with Crippen LogP contribution in [0.4, 0.5) is 0 Å². The van der Waals surface area contributed by atoms with E-state index in [2.05, 4.69) is 19.1 Å². The molecule has 0 amide bonds. The molecular weight excluding hydrogens is 264 g/mol. The Hall–Kier alpha value is -1.12. The Morgan fingerprint density at radius 1 is 0.762 bits per heavy atom. The molecule has 0 aliphatic carbocycles. The SMILES string of the molecule is CCCCCC=CCCC(=O)CCCCCCCC(=O)O. The van der Waals surface area contributed by atoms with Crippen molar-refractivity contribution in [2.75, 3.05) is 0 Å². The highest BCUT2D eigenvalue weighted by Crippen LogP contribution is 2.09. The highest BCUT2D eigenvalue weighted by Gasteiger charge is 2.01. The van der Waals surface area contributed by atoms with Crippen molar-refractivity contribution >= 4 is 11.8 Å². The summed E-state index contributed by atoms with van der Waals surface area (Å²) in [5.41, 5.74) is 0. The largest absolute Gasteiger partial charge is 0.481 e. The van der Waals surface area contributed by atoms with E-state index in [1.165, 1.54) is 19.3 Å². The molecule has 3 nitrogen and oxygen atoms in total. The van der Waals surface area contributed by atoms with E-state index in [4.69, 9.17) is 5.11 Å². The van der Waals surface area contributed by atoms with Gasteiger partial charge in [0, 0.05) is 19.3 Å². The normalized spacial score (nSPS) is 11.1. The second kappa shape index (κ2) is 15.3. The molecule has 0 heterocycles. The number of Topliss-reactive ketones (excluding diaryl/α,β-unsaturated/α-hetero) is 1. The van der Waals surface area contributed by atoms with Crippen molar-refractivity contribution in [3.63, 3.8) is 0 Å². The molecule has 0 fully saturated rings. The molecule has 0 unspecified atom stereocenters. The number of carboxylic acid groups (broad SMARTS) is 1. The lowest BCUT2D eigenvalue weighted by Gasteiger charge is -2.00. The molecule has 0 aromatic rings. The monoisotopic (exact) mass is 296 g/mol. The van der Waals surface area contributed by atoms with Gasteiger partial charge in [0.05, 0.1) is 0 Å². The fourth-order valence-electron chi connectivity index (χ4n) is 2.25. The van der Waals surface area contributed by atoms with E-state index in [1.807, 2.05) is 0 Å². The van der Waals surface area contributed by atoms with E-state index >= 15 is 0 Å². The highest BCUT2D eigenvalue weighted by molar-refractivity contribution is 5.78. The fourth-order valence-corrected chi connectivity index (χ4v) is 2.25. The van der Waals surface area contributed by atoms with Gasteiger partial charge >= 0.3 is 5.97 Å². The Bertz CT molecular complexity index is 295. The van der Waals surface area contributed by atoms with Crippen molar-refractivity contribution in [1.29, 1.82) is 0 Å². The number of rotatable bonds is 15. The van der Waals surface area contributed by atoms with Gasteiger partial charge in [-0.1, -0.05) is 51.2 Å². The van der Waals surface area contributed by atoms with Crippen LogP contribution in [0.5, 0.6) is 0 Å². The molecule has 21 heavy (non-hydrogen) atoms. The summed E-state index contributed by atoms with van der Waals surface area (Å²) in [6.07, 6.45) is 16.5. The molecule has 0 aromatic heterocycles. The number of ketones is 1. The Morgan fingerprint density at radius 3 is 2.05 bits per heavy atom. The third-order valence-corrected chi connectivity index (χ3v) is 3.58. The molecule has 0 aliphatic rings. The molecule has 0 spiro atoms. The summed E-state index contributed by atoms with van der Waals surface area (Å²) in [6.45, 7) is 2.20. The van der Waals surface area contributed by atoms with Crippen LogP contribution in [0.15, 0.2) is 12.2 Å². The van der Waals surface area contributed by atoms with Crippen LogP contribution < -0.4 is 0 Å². The number of carbonyl (C=O) groups is 2. The number of hydrogen-bond donors (Lipinski definition) is 1. The van der Waals surface area contributed by atoms with E-state index in [-0.39, 0.29) is 6.42 Å². The maximum absolute atomic E-state index is 11.6. The Kier molecular flexibility index (Phi) is 14.5. The molecule has 0 atom stereocenters. The summed E-state index contributed by atoms with van der Waals surface area (Å²) in [5.74, 6) is -0.355. The van der Waals surface area contributed by atoms with Crippen LogP contribution in [0.2, 0.25) is 0 Å². The zero-order chi connectivity index (χ0) is 15.8. The van der Waals surface area contributed by atoms with Crippen molar-refractivity contribution in [3.8, 4) is 0 Å². The standard InChI is InChI=1S/C18H32O3/c1-2-3-4-5-6-8-11-14-17(19)15-12-9-7-10-13-16-18(20)21/h6,8H,2-5,7,9-16H2,1H3,(H,20,21). The summed E-state index contributed by atoms with van der Waals surface area (Å²) < 4.78 is 0. The lowest BCUT2D eigenvalue weighted by Crippen LogP contribution is -1.97. The molecule has 0 saturated heterocycles. The molecule has 0 saturated carbocycles. The predicted octanol–water partition coefficient (Wildman–Crippen LogP) is 5.29. The van der Waals surface area contributed by atoms with E-state index in [0.717, 1.165) is 44.9 Å². The van der Waals surface area contributed by atoms with Crippen LogP contribution in [0.1, 0.15) is 90.4 Å². The zero-order valence-corrected chi connectivity index (χ0v) is 13.6. The maximum atomic E-state index is 11.6. The highest BCUT2D eigenvalue weighted by atomic mass is 16.4. The van der Waals surface area contributed by atoms with Crippen molar-refractivity contribution in [2.45, 2.75) is 90.4 Å². The van der Waals surface area contributed by atoms with Gasteiger partial charge in [-0.25, -0.2) is 0 Å². The summed E-state index contributed by atoms with van der Waals surface area (Å²) in [4.78, 5) is 22.0. The molecule has 0 radical (unpaired) electrons. The zero-order valence-electron chi connectivity index (χ0n) is 13.6.